The second-order valence-corrected chi connectivity index (χ2v) is 3.04. The van der Waals surface area contributed by atoms with E-state index in [4.69, 9.17) is 10.6 Å². The highest BCUT2D eigenvalue weighted by Crippen LogP contribution is 2.19. The van der Waals surface area contributed by atoms with Crippen LogP contribution in [0.1, 0.15) is 10.4 Å². The van der Waals surface area contributed by atoms with Crippen molar-refractivity contribution >= 4 is 17.3 Å². The van der Waals surface area contributed by atoms with Crippen molar-refractivity contribution in [2.24, 2.45) is 0 Å². The van der Waals surface area contributed by atoms with Gasteiger partial charge in [-0.3, -0.25) is 9.63 Å². The SMILES string of the molecule is CNc1cc(C(=O)N(C)OC)ccc1N. The molecule has 3 N–H and O–H groups in total. The van der Waals surface area contributed by atoms with Crippen LogP contribution in [0, 0.1) is 0 Å². The molecule has 0 radical (unpaired) electrons. The molecule has 0 spiro atoms. The van der Waals surface area contributed by atoms with E-state index in [1.165, 1.54) is 7.11 Å². The zero-order chi connectivity index (χ0) is 11.4. The van der Waals surface area contributed by atoms with Gasteiger partial charge in [-0.25, -0.2) is 5.06 Å². The van der Waals surface area contributed by atoms with E-state index in [-0.39, 0.29) is 5.91 Å². The standard InChI is InChI=1S/C10H15N3O2/c1-12-9-6-7(4-5-8(9)11)10(14)13(2)15-3/h4-6,12H,11H2,1-3H3. The molecule has 5 nitrogen and oxygen atoms in total. The smallest absolute Gasteiger partial charge is 0.277 e. The lowest BCUT2D eigenvalue weighted by Gasteiger charge is -2.14. The van der Waals surface area contributed by atoms with Crippen molar-refractivity contribution in [2.45, 2.75) is 0 Å². The van der Waals surface area contributed by atoms with E-state index in [9.17, 15) is 4.79 Å². The van der Waals surface area contributed by atoms with Crippen molar-refractivity contribution in [3.8, 4) is 0 Å². The van der Waals surface area contributed by atoms with E-state index >= 15 is 0 Å². The zero-order valence-corrected chi connectivity index (χ0v) is 9.07. The van der Waals surface area contributed by atoms with E-state index in [2.05, 4.69) is 5.32 Å². The minimum atomic E-state index is -0.214. The number of nitrogen functional groups attached to an aromatic ring is 1. The minimum Gasteiger partial charge on any atom is -0.397 e. The number of hydroxylamine groups is 2. The van der Waals surface area contributed by atoms with E-state index in [1.807, 2.05) is 0 Å². The molecule has 1 aromatic carbocycles. The number of rotatable bonds is 3. The highest BCUT2D eigenvalue weighted by Gasteiger charge is 2.12. The lowest BCUT2D eigenvalue weighted by Crippen LogP contribution is -2.25. The summed E-state index contributed by atoms with van der Waals surface area (Å²) in [6.07, 6.45) is 0. The summed E-state index contributed by atoms with van der Waals surface area (Å²) in [5.41, 5.74) is 7.55. The number of nitrogens with zero attached hydrogens (tertiary/aromatic N) is 1. The molecule has 0 unspecified atom stereocenters. The van der Waals surface area contributed by atoms with E-state index in [0.717, 1.165) is 10.8 Å². The van der Waals surface area contributed by atoms with Crippen molar-refractivity contribution in [3.05, 3.63) is 23.8 Å². The van der Waals surface area contributed by atoms with Gasteiger partial charge in [-0.15, -0.1) is 0 Å². The van der Waals surface area contributed by atoms with E-state index in [0.29, 0.717) is 11.3 Å². The van der Waals surface area contributed by atoms with Gasteiger partial charge in [0.15, 0.2) is 0 Å². The first kappa shape index (κ1) is 11.3. The van der Waals surface area contributed by atoms with Gasteiger partial charge in [0, 0.05) is 19.7 Å². The molecule has 0 aliphatic carbocycles. The van der Waals surface area contributed by atoms with Gasteiger partial charge >= 0.3 is 0 Å². The molecule has 15 heavy (non-hydrogen) atoms. The van der Waals surface area contributed by atoms with Gasteiger partial charge in [-0.2, -0.15) is 0 Å². The van der Waals surface area contributed by atoms with Crippen molar-refractivity contribution in [3.63, 3.8) is 0 Å². The van der Waals surface area contributed by atoms with Crippen molar-refractivity contribution < 1.29 is 9.63 Å². The number of carbonyl (C=O) groups excluding carboxylic acids is 1. The van der Waals surface area contributed by atoms with Crippen LogP contribution in [0.15, 0.2) is 18.2 Å². The summed E-state index contributed by atoms with van der Waals surface area (Å²) in [6.45, 7) is 0. The van der Waals surface area contributed by atoms with Gasteiger partial charge in [-0.1, -0.05) is 0 Å². The summed E-state index contributed by atoms with van der Waals surface area (Å²) in [7, 11) is 4.74. The molecule has 1 rings (SSSR count). The number of carbonyl (C=O) groups is 1. The molecular formula is C10H15N3O2. The first-order valence-electron chi connectivity index (χ1n) is 4.49. The van der Waals surface area contributed by atoms with Crippen LogP contribution in [0.2, 0.25) is 0 Å². The second kappa shape index (κ2) is 4.65. The molecule has 0 aliphatic rings. The average Bonchev–Trinajstić information content (AvgIpc) is 2.27. The predicted molar refractivity (Wildman–Crippen MR) is 59.5 cm³/mol. The van der Waals surface area contributed by atoms with Gasteiger partial charge in [0.05, 0.1) is 18.5 Å². The molecule has 0 saturated carbocycles. The van der Waals surface area contributed by atoms with Crippen LogP contribution in [0.25, 0.3) is 0 Å². The summed E-state index contributed by atoms with van der Waals surface area (Å²) in [4.78, 5) is 16.5. The molecule has 1 aromatic rings. The Morgan fingerprint density at radius 2 is 2.20 bits per heavy atom. The average molecular weight is 209 g/mol. The Bertz CT molecular complexity index is 366. The summed E-state index contributed by atoms with van der Waals surface area (Å²) in [6, 6.07) is 5.03. The summed E-state index contributed by atoms with van der Waals surface area (Å²) >= 11 is 0. The molecule has 0 aromatic heterocycles. The van der Waals surface area contributed by atoms with Gasteiger partial charge in [0.1, 0.15) is 0 Å². The molecule has 0 fully saturated rings. The van der Waals surface area contributed by atoms with Gasteiger partial charge < -0.3 is 11.1 Å². The maximum atomic E-state index is 11.7. The van der Waals surface area contributed by atoms with Crippen LogP contribution in [-0.4, -0.2) is 32.2 Å². The Balaban J connectivity index is 3.01. The van der Waals surface area contributed by atoms with Crippen molar-refractivity contribution in [1.29, 1.82) is 0 Å². The van der Waals surface area contributed by atoms with Crippen LogP contribution in [0.5, 0.6) is 0 Å². The second-order valence-electron chi connectivity index (χ2n) is 3.04. The number of hydrogen-bond acceptors (Lipinski definition) is 4. The van der Waals surface area contributed by atoms with Gasteiger partial charge in [-0.05, 0) is 18.2 Å². The Morgan fingerprint density at radius 1 is 1.53 bits per heavy atom. The van der Waals surface area contributed by atoms with E-state index < -0.39 is 0 Å². The largest absolute Gasteiger partial charge is 0.397 e. The van der Waals surface area contributed by atoms with E-state index in [1.54, 1.807) is 32.3 Å². The predicted octanol–water partition coefficient (Wildman–Crippen LogP) is 0.944. The molecule has 5 heteroatoms. The maximum Gasteiger partial charge on any atom is 0.277 e. The minimum absolute atomic E-state index is 0.214. The van der Waals surface area contributed by atoms with Gasteiger partial charge in [0.25, 0.3) is 5.91 Å². The summed E-state index contributed by atoms with van der Waals surface area (Å²) in [5.74, 6) is -0.214. The highest BCUT2D eigenvalue weighted by atomic mass is 16.7. The van der Waals surface area contributed by atoms with Crippen LogP contribution < -0.4 is 11.1 Å². The fourth-order valence-electron chi connectivity index (χ4n) is 1.17. The normalized spacial score (nSPS) is 9.80. The molecule has 0 aliphatic heterocycles. The fraction of sp³-hybridized carbons (Fsp3) is 0.300. The number of benzene rings is 1. The maximum absolute atomic E-state index is 11.7. The monoisotopic (exact) mass is 209 g/mol. The van der Waals surface area contributed by atoms with Crippen LogP contribution in [-0.2, 0) is 4.84 Å². The topological polar surface area (TPSA) is 67.6 Å². The third kappa shape index (κ3) is 2.38. The first-order valence-corrected chi connectivity index (χ1v) is 4.49. The Kier molecular flexibility index (Phi) is 3.51. The highest BCUT2D eigenvalue weighted by molar-refractivity contribution is 5.95. The third-order valence-corrected chi connectivity index (χ3v) is 2.13. The molecule has 1 amide bonds. The lowest BCUT2D eigenvalue weighted by molar-refractivity contribution is -0.0756. The lowest BCUT2D eigenvalue weighted by atomic mass is 10.1. The van der Waals surface area contributed by atoms with Gasteiger partial charge in [0.2, 0.25) is 0 Å². The first-order chi connectivity index (χ1) is 7.10. The summed E-state index contributed by atoms with van der Waals surface area (Å²) < 4.78 is 0. The zero-order valence-electron chi connectivity index (χ0n) is 9.07. The number of amides is 1. The Hall–Kier alpha value is -1.75. The van der Waals surface area contributed by atoms with Crippen LogP contribution in [0.4, 0.5) is 11.4 Å². The molecule has 0 atom stereocenters. The molecular weight excluding hydrogens is 194 g/mol. The number of hydrogen-bond donors (Lipinski definition) is 2. The Labute approximate surface area is 88.8 Å². The Morgan fingerprint density at radius 3 is 2.73 bits per heavy atom. The van der Waals surface area contributed by atoms with Crippen molar-refractivity contribution in [1.82, 2.24) is 5.06 Å². The molecule has 0 heterocycles. The van der Waals surface area contributed by atoms with Crippen molar-refractivity contribution in [2.75, 3.05) is 32.3 Å². The molecule has 0 saturated heterocycles. The van der Waals surface area contributed by atoms with Crippen LogP contribution >= 0.6 is 0 Å². The molecule has 0 bridgehead atoms. The fourth-order valence-corrected chi connectivity index (χ4v) is 1.17. The number of nitrogens with two attached hydrogens (primary N) is 1. The molecule has 82 valence electrons. The number of nitrogens with one attached hydrogen (secondary N) is 1. The van der Waals surface area contributed by atoms with Crippen LogP contribution in [0.3, 0.4) is 0 Å². The third-order valence-electron chi connectivity index (χ3n) is 2.13. The number of anilines is 2. The quantitative estimate of drug-likeness (QED) is 0.574. The summed E-state index contributed by atoms with van der Waals surface area (Å²) in [5, 5.41) is 4.07.